The number of nitrogens with zero attached hydrogens (tertiary/aromatic N) is 1. The molecule has 1 aromatic rings. The van der Waals surface area contributed by atoms with Crippen molar-refractivity contribution in [3.63, 3.8) is 0 Å². The summed E-state index contributed by atoms with van der Waals surface area (Å²) >= 11 is 0. The minimum Gasteiger partial charge on any atom is -0.508 e. The fraction of sp³-hybridized carbons (Fsp3) is 0.364. The molecule has 0 saturated heterocycles. The molecule has 0 saturated carbocycles. The van der Waals surface area contributed by atoms with E-state index in [9.17, 15) is 5.11 Å². The number of phenols is 1. The van der Waals surface area contributed by atoms with Gasteiger partial charge in [0, 0.05) is 5.56 Å². The molecule has 68 valence electrons. The molecular formula is C11H13NO. The van der Waals surface area contributed by atoms with Crippen LogP contribution in [0.15, 0.2) is 18.2 Å². The summed E-state index contributed by atoms with van der Waals surface area (Å²) < 4.78 is 0. The largest absolute Gasteiger partial charge is 0.508 e. The van der Waals surface area contributed by atoms with Gasteiger partial charge in [-0.3, -0.25) is 0 Å². The van der Waals surface area contributed by atoms with Crippen LogP contribution in [0.2, 0.25) is 0 Å². The van der Waals surface area contributed by atoms with E-state index < -0.39 is 0 Å². The van der Waals surface area contributed by atoms with Crippen LogP contribution in [-0.2, 0) is 6.42 Å². The SMILES string of the molecule is CC(C)c1ccc(O)c(CC#N)c1. The predicted octanol–water partition coefficient (Wildman–Crippen LogP) is 2.58. The van der Waals surface area contributed by atoms with E-state index in [4.69, 9.17) is 5.26 Å². The van der Waals surface area contributed by atoms with Gasteiger partial charge in [0.25, 0.3) is 0 Å². The first-order valence-electron chi connectivity index (χ1n) is 4.34. The van der Waals surface area contributed by atoms with Crippen molar-refractivity contribution in [1.29, 1.82) is 5.26 Å². The highest BCUT2D eigenvalue weighted by molar-refractivity contribution is 5.38. The third-order valence-electron chi connectivity index (χ3n) is 2.04. The Morgan fingerprint density at radius 1 is 1.46 bits per heavy atom. The van der Waals surface area contributed by atoms with Crippen molar-refractivity contribution < 1.29 is 5.11 Å². The number of hydrogen-bond acceptors (Lipinski definition) is 2. The molecule has 0 aliphatic rings. The molecule has 1 aromatic carbocycles. The smallest absolute Gasteiger partial charge is 0.119 e. The molecule has 13 heavy (non-hydrogen) atoms. The number of phenolic OH excluding ortho intramolecular Hbond substituents is 1. The molecule has 0 bridgehead atoms. The van der Waals surface area contributed by atoms with Crippen molar-refractivity contribution in [3.8, 4) is 11.8 Å². The van der Waals surface area contributed by atoms with Gasteiger partial charge in [-0.2, -0.15) is 5.26 Å². The van der Waals surface area contributed by atoms with E-state index in [0.717, 1.165) is 5.56 Å². The van der Waals surface area contributed by atoms with E-state index >= 15 is 0 Å². The number of rotatable bonds is 2. The highest BCUT2D eigenvalue weighted by Gasteiger charge is 2.04. The summed E-state index contributed by atoms with van der Waals surface area (Å²) in [6.07, 6.45) is 0.270. The first kappa shape index (κ1) is 9.60. The zero-order valence-electron chi connectivity index (χ0n) is 7.91. The van der Waals surface area contributed by atoms with Crippen molar-refractivity contribution in [1.82, 2.24) is 0 Å². The Labute approximate surface area is 78.4 Å². The molecule has 0 spiro atoms. The van der Waals surface area contributed by atoms with Gasteiger partial charge in [-0.05, 0) is 17.5 Å². The van der Waals surface area contributed by atoms with Crippen LogP contribution >= 0.6 is 0 Å². The zero-order valence-corrected chi connectivity index (χ0v) is 7.91. The number of benzene rings is 1. The standard InChI is InChI=1S/C11H13NO/c1-8(2)9-3-4-11(13)10(7-9)5-6-12/h3-4,7-8,13H,5H2,1-2H3. The molecule has 0 amide bonds. The van der Waals surface area contributed by atoms with Crippen molar-refractivity contribution in [2.45, 2.75) is 26.2 Å². The molecule has 0 unspecified atom stereocenters. The summed E-state index contributed by atoms with van der Waals surface area (Å²) in [7, 11) is 0. The van der Waals surface area contributed by atoms with Gasteiger partial charge in [0.05, 0.1) is 12.5 Å². The summed E-state index contributed by atoms with van der Waals surface area (Å²) in [5.74, 6) is 0.643. The lowest BCUT2D eigenvalue weighted by atomic mass is 9.99. The summed E-state index contributed by atoms with van der Waals surface area (Å²) in [5.41, 5.74) is 1.87. The van der Waals surface area contributed by atoms with Crippen LogP contribution in [0.5, 0.6) is 5.75 Å². The van der Waals surface area contributed by atoms with Gasteiger partial charge in [-0.15, -0.1) is 0 Å². The molecule has 0 fully saturated rings. The topological polar surface area (TPSA) is 44.0 Å². The monoisotopic (exact) mass is 175 g/mol. The summed E-state index contributed by atoms with van der Waals surface area (Å²) in [6.45, 7) is 4.17. The molecule has 2 heteroatoms. The van der Waals surface area contributed by atoms with Gasteiger partial charge >= 0.3 is 0 Å². The lowest BCUT2D eigenvalue weighted by molar-refractivity contribution is 0.469. The van der Waals surface area contributed by atoms with E-state index in [2.05, 4.69) is 13.8 Å². The van der Waals surface area contributed by atoms with Gasteiger partial charge in [-0.25, -0.2) is 0 Å². The summed E-state index contributed by atoms with van der Waals surface area (Å²) in [6, 6.07) is 7.47. The Balaban J connectivity index is 3.05. The van der Waals surface area contributed by atoms with Crippen LogP contribution in [0.1, 0.15) is 30.9 Å². The lowest BCUT2D eigenvalue weighted by Crippen LogP contribution is -1.90. The quantitative estimate of drug-likeness (QED) is 0.750. The second kappa shape index (κ2) is 3.95. The predicted molar refractivity (Wildman–Crippen MR) is 51.5 cm³/mol. The zero-order chi connectivity index (χ0) is 9.84. The minimum absolute atomic E-state index is 0.214. The van der Waals surface area contributed by atoms with E-state index in [1.54, 1.807) is 6.07 Å². The second-order valence-corrected chi connectivity index (χ2v) is 3.38. The van der Waals surface area contributed by atoms with Gasteiger partial charge in [-0.1, -0.05) is 26.0 Å². The molecule has 0 aromatic heterocycles. The third kappa shape index (κ3) is 2.22. The van der Waals surface area contributed by atoms with Crippen molar-refractivity contribution >= 4 is 0 Å². The molecule has 0 atom stereocenters. The second-order valence-electron chi connectivity index (χ2n) is 3.38. The van der Waals surface area contributed by atoms with Crippen LogP contribution in [0.3, 0.4) is 0 Å². The van der Waals surface area contributed by atoms with Crippen molar-refractivity contribution in [2.75, 3.05) is 0 Å². The average Bonchev–Trinajstić information content (AvgIpc) is 2.08. The molecule has 0 heterocycles. The van der Waals surface area contributed by atoms with E-state index in [0.29, 0.717) is 11.5 Å². The van der Waals surface area contributed by atoms with E-state index in [1.807, 2.05) is 18.2 Å². The maximum absolute atomic E-state index is 9.40. The van der Waals surface area contributed by atoms with Gasteiger partial charge in [0.15, 0.2) is 0 Å². The Morgan fingerprint density at radius 3 is 2.69 bits per heavy atom. The van der Waals surface area contributed by atoms with Gasteiger partial charge in [0.2, 0.25) is 0 Å². The molecule has 0 radical (unpaired) electrons. The highest BCUT2D eigenvalue weighted by Crippen LogP contribution is 2.23. The number of aromatic hydroxyl groups is 1. The Hall–Kier alpha value is -1.49. The van der Waals surface area contributed by atoms with Crippen LogP contribution in [0.25, 0.3) is 0 Å². The summed E-state index contributed by atoms with van der Waals surface area (Å²) in [4.78, 5) is 0. The number of hydrogen-bond donors (Lipinski definition) is 1. The van der Waals surface area contributed by atoms with Gasteiger partial charge in [0.1, 0.15) is 5.75 Å². The first-order chi connectivity index (χ1) is 6.15. The third-order valence-corrected chi connectivity index (χ3v) is 2.04. The lowest BCUT2D eigenvalue weighted by Gasteiger charge is -2.07. The Kier molecular flexibility index (Phi) is 2.92. The molecule has 1 N–H and O–H groups in total. The van der Waals surface area contributed by atoms with E-state index in [-0.39, 0.29) is 12.2 Å². The summed E-state index contributed by atoms with van der Waals surface area (Å²) in [5, 5.41) is 17.9. The molecule has 2 nitrogen and oxygen atoms in total. The van der Waals surface area contributed by atoms with Crippen LogP contribution in [0.4, 0.5) is 0 Å². The number of nitriles is 1. The Morgan fingerprint density at radius 2 is 2.15 bits per heavy atom. The van der Waals surface area contributed by atoms with Gasteiger partial charge < -0.3 is 5.11 Å². The minimum atomic E-state index is 0.214. The van der Waals surface area contributed by atoms with E-state index in [1.165, 1.54) is 0 Å². The molecule has 0 aliphatic heterocycles. The van der Waals surface area contributed by atoms with Crippen molar-refractivity contribution in [2.24, 2.45) is 0 Å². The highest BCUT2D eigenvalue weighted by atomic mass is 16.3. The first-order valence-corrected chi connectivity index (χ1v) is 4.34. The molecular weight excluding hydrogens is 162 g/mol. The van der Waals surface area contributed by atoms with Crippen LogP contribution < -0.4 is 0 Å². The molecule has 1 rings (SSSR count). The average molecular weight is 175 g/mol. The molecule has 0 aliphatic carbocycles. The van der Waals surface area contributed by atoms with Crippen molar-refractivity contribution in [3.05, 3.63) is 29.3 Å². The maximum Gasteiger partial charge on any atom is 0.119 e. The Bertz CT molecular complexity index is 336. The fourth-order valence-corrected chi connectivity index (χ4v) is 1.19. The van der Waals surface area contributed by atoms with Crippen LogP contribution in [-0.4, -0.2) is 5.11 Å². The normalized spacial score (nSPS) is 10.0. The fourth-order valence-electron chi connectivity index (χ4n) is 1.19. The maximum atomic E-state index is 9.40. The van der Waals surface area contributed by atoms with Crippen LogP contribution in [0, 0.1) is 11.3 Å².